The van der Waals surface area contributed by atoms with Crippen molar-refractivity contribution in [3.8, 4) is 5.75 Å². The van der Waals surface area contributed by atoms with Crippen molar-refractivity contribution in [3.63, 3.8) is 0 Å². The lowest BCUT2D eigenvalue weighted by molar-refractivity contribution is -0.117. The minimum absolute atomic E-state index is 0.102. The molecule has 0 fully saturated rings. The highest BCUT2D eigenvalue weighted by molar-refractivity contribution is 6.33. The Morgan fingerprint density at radius 3 is 2.55 bits per heavy atom. The van der Waals surface area contributed by atoms with Gasteiger partial charge in [-0.2, -0.15) is 0 Å². The Morgan fingerprint density at radius 1 is 1.14 bits per heavy atom. The minimum Gasteiger partial charge on any atom is -0.492 e. The van der Waals surface area contributed by atoms with Crippen LogP contribution in [0.1, 0.15) is 0 Å². The minimum atomic E-state index is -0.102. The molecule has 0 spiro atoms. The molecule has 0 aliphatic carbocycles. The van der Waals surface area contributed by atoms with Crippen molar-refractivity contribution in [2.45, 2.75) is 0 Å². The molecule has 2 aromatic carbocycles. The van der Waals surface area contributed by atoms with Gasteiger partial charge in [0.2, 0.25) is 5.91 Å². The van der Waals surface area contributed by atoms with Crippen LogP contribution in [0.15, 0.2) is 54.6 Å². The largest absolute Gasteiger partial charge is 0.492 e. The second-order valence-corrected chi connectivity index (χ2v) is 5.33. The summed E-state index contributed by atoms with van der Waals surface area (Å²) in [5.74, 6) is 0.728. The smallest absolute Gasteiger partial charge is 0.238 e. The van der Waals surface area contributed by atoms with Crippen LogP contribution in [0.3, 0.4) is 0 Å². The van der Waals surface area contributed by atoms with E-state index in [9.17, 15) is 4.79 Å². The molecule has 0 unspecified atom stereocenters. The first-order valence-electron chi connectivity index (χ1n) is 7.06. The van der Waals surface area contributed by atoms with Gasteiger partial charge in [0.25, 0.3) is 0 Å². The summed E-state index contributed by atoms with van der Waals surface area (Å²) in [7, 11) is 1.88. The zero-order valence-electron chi connectivity index (χ0n) is 12.5. The predicted molar refractivity (Wildman–Crippen MR) is 89.5 cm³/mol. The number of nitrogens with one attached hydrogen (secondary N) is 1. The summed E-state index contributed by atoms with van der Waals surface area (Å²) in [6.07, 6.45) is 0. The van der Waals surface area contributed by atoms with Crippen molar-refractivity contribution in [1.82, 2.24) is 4.90 Å². The van der Waals surface area contributed by atoms with Crippen LogP contribution in [0.5, 0.6) is 5.75 Å². The number of hydrogen-bond donors (Lipinski definition) is 1. The third-order valence-electron chi connectivity index (χ3n) is 3.05. The van der Waals surface area contributed by atoms with E-state index in [2.05, 4.69) is 5.32 Å². The number of amides is 1. The number of hydrogen-bond acceptors (Lipinski definition) is 3. The van der Waals surface area contributed by atoms with Gasteiger partial charge in [0.15, 0.2) is 0 Å². The van der Waals surface area contributed by atoms with E-state index < -0.39 is 0 Å². The lowest BCUT2D eigenvalue weighted by atomic mass is 10.3. The zero-order chi connectivity index (χ0) is 15.8. The molecule has 0 atom stereocenters. The van der Waals surface area contributed by atoms with Gasteiger partial charge in [-0.3, -0.25) is 9.69 Å². The summed E-state index contributed by atoms with van der Waals surface area (Å²) < 4.78 is 5.60. The van der Waals surface area contributed by atoms with Crippen LogP contribution >= 0.6 is 11.6 Å². The van der Waals surface area contributed by atoms with Crippen LogP contribution in [0.4, 0.5) is 5.69 Å². The molecule has 116 valence electrons. The summed E-state index contributed by atoms with van der Waals surface area (Å²) in [5, 5.41) is 3.33. The van der Waals surface area contributed by atoms with E-state index in [0.29, 0.717) is 23.9 Å². The molecule has 0 aromatic heterocycles. The maximum Gasteiger partial charge on any atom is 0.238 e. The molecular weight excluding hydrogens is 300 g/mol. The molecule has 4 nitrogen and oxygen atoms in total. The fourth-order valence-corrected chi connectivity index (χ4v) is 2.10. The first kappa shape index (κ1) is 16.3. The molecular formula is C17H19ClN2O2. The number of ether oxygens (including phenoxy) is 1. The Hall–Kier alpha value is -2.04. The van der Waals surface area contributed by atoms with E-state index in [1.54, 1.807) is 12.1 Å². The van der Waals surface area contributed by atoms with Crippen molar-refractivity contribution in [3.05, 3.63) is 59.6 Å². The summed E-state index contributed by atoms with van der Waals surface area (Å²) in [6, 6.07) is 16.8. The maximum atomic E-state index is 12.0. The van der Waals surface area contributed by atoms with Crippen molar-refractivity contribution in [2.24, 2.45) is 0 Å². The summed E-state index contributed by atoms with van der Waals surface area (Å²) in [5.41, 5.74) is 0.628. The Kier molecular flexibility index (Phi) is 6.25. The molecule has 1 N–H and O–H groups in total. The van der Waals surface area contributed by atoms with Crippen molar-refractivity contribution < 1.29 is 9.53 Å². The zero-order valence-corrected chi connectivity index (χ0v) is 13.2. The van der Waals surface area contributed by atoms with Crippen molar-refractivity contribution in [2.75, 3.05) is 32.1 Å². The van der Waals surface area contributed by atoms with E-state index >= 15 is 0 Å². The van der Waals surface area contributed by atoms with E-state index in [1.807, 2.05) is 54.4 Å². The molecule has 0 heterocycles. The monoisotopic (exact) mass is 318 g/mol. The molecule has 22 heavy (non-hydrogen) atoms. The highest BCUT2D eigenvalue weighted by atomic mass is 35.5. The summed E-state index contributed by atoms with van der Waals surface area (Å²) in [6.45, 7) is 1.47. The predicted octanol–water partition coefficient (Wildman–Crippen LogP) is 3.29. The molecule has 0 saturated heterocycles. The lowest BCUT2D eigenvalue weighted by Crippen LogP contribution is -2.33. The number of nitrogens with zero attached hydrogens (tertiary/aromatic N) is 1. The number of likely N-dealkylation sites (N-methyl/N-ethyl adjacent to an activating group) is 1. The first-order chi connectivity index (χ1) is 10.6. The Balaban J connectivity index is 1.71. The van der Waals surface area contributed by atoms with Crippen molar-refractivity contribution >= 4 is 23.2 Å². The number of carbonyl (C=O) groups is 1. The van der Waals surface area contributed by atoms with Crippen LogP contribution in [0.2, 0.25) is 5.02 Å². The average molecular weight is 319 g/mol. The van der Waals surface area contributed by atoms with Gasteiger partial charge in [0, 0.05) is 6.54 Å². The molecule has 0 aliphatic heterocycles. The normalized spacial score (nSPS) is 10.5. The average Bonchev–Trinajstić information content (AvgIpc) is 2.50. The maximum absolute atomic E-state index is 12.0. The second-order valence-electron chi connectivity index (χ2n) is 4.93. The third kappa shape index (κ3) is 5.39. The molecule has 0 radical (unpaired) electrons. The van der Waals surface area contributed by atoms with Gasteiger partial charge in [-0.15, -0.1) is 0 Å². The molecule has 2 aromatic rings. The van der Waals surface area contributed by atoms with Gasteiger partial charge in [0.1, 0.15) is 12.4 Å². The van der Waals surface area contributed by atoms with E-state index in [1.165, 1.54) is 0 Å². The Labute approximate surface area is 135 Å². The van der Waals surface area contributed by atoms with Crippen LogP contribution in [0.25, 0.3) is 0 Å². The highest BCUT2D eigenvalue weighted by Gasteiger charge is 2.08. The van der Waals surface area contributed by atoms with Crippen LogP contribution < -0.4 is 10.1 Å². The highest BCUT2D eigenvalue weighted by Crippen LogP contribution is 2.20. The van der Waals surface area contributed by atoms with E-state index in [0.717, 1.165) is 5.75 Å². The summed E-state index contributed by atoms with van der Waals surface area (Å²) in [4.78, 5) is 13.9. The molecule has 0 aliphatic rings. The number of carbonyl (C=O) groups excluding carboxylic acids is 1. The lowest BCUT2D eigenvalue weighted by Gasteiger charge is -2.17. The van der Waals surface area contributed by atoms with E-state index in [-0.39, 0.29) is 12.5 Å². The standard InChI is InChI=1S/C17H19ClN2O2/c1-20(11-12-22-14-7-3-2-4-8-14)13-17(21)19-16-10-6-5-9-15(16)18/h2-10H,11-13H2,1H3,(H,19,21). The molecule has 2 rings (SSSR count). The quantitative estimate of drug-likeness (QED) is 0.851. The number of rotatable bonds is 7. The van der Waals surface area contributed by atoms with Crippen LogP contribution in [0, 0.1) is 0 Å². The van der Waals surface area contributed by atoms with Crippen molar-refractivity contribution in [1.29, 1.82) is 0 Å². The van der Waals surface area contributed by atoms with Gasteiger partial charge in [-0.25, -0.2) is 0 Å². The second kappa shape index (κ2) is 8.41. The van der Waals surface area contributed by atoms with Gasteiger partial charge >= 0.3 is 0 Å². The van der Waals surface area contributed by atoms with Gasteiger partial charge in [-0.05, 0) is 31.3 Å². The molecule has 5 heteroatoms. The van der Waals surface area contributed by atoms with Crippen LogP contribution in [-0.4, -0.2) is 37.6 Å². The first-order valence-corrected chi connectivity index (χ1v) is 7.44. The fourth-order valence-electron chi connectivity index (χ4n) is 1.91. The number of para-hydroxylation sites is 2. The number of halogens is 1. The SMILES string of the molecule is CN(CCOc1ccccc1)CC(=O)Nc1ccccc1Cl. The number of anilines is 1. The van der Waals surface area contributed by atoms with Crippen LogP contribution in [-0.2, 0) is 4.79 Å². The van der Waals surface area contributed by atoms with Gasteiger partial charge in [0.05, 0.1) is 17.3 Å². The molecule has 1 amide bonds. The molecule has 0 saturated carbocycles. The number of benzene rings is 2. The third-order valence-corrected chi connectivity index (χ3v) is 3.38. The summed E-state index contributed by atoms with van der Waals surface area (Å²) >= 11 is 6.01. The van der Waals surface area contributed by atoms with Gasteiger partial charge in [-0.1, -0.05) is 41.9 Å². The Morgan fingerprint density at radius 2 is 1.82 bits per heavy atom. The van der Waals surface area contributed by atoms with Gasteiger partial charge < -0.3 is 10.1 Å². The Bertz CT molecular complexity index is 605. The molecule has 0 bridgehead atoms. The topological polar surface area (TPSA) is 41.6 Å². The fraction of sp³-hybridized carbons (Fsp3) is 0.235. The van der Waals surface area contributed by atoms with E-state index in [4.69, 9.17) is 16.3 Å².